The molecule has 6 nitrogen and oxygen atoms in total. The van der Waals surface area contributed by atoms with Crippen LogP contribution in [0.4, 0.5) is 49.1 Å². The number of nitrogens with one attached hydrogen (secondary N) is 1. The number of nitrogens with zero attached hydrogens (tertiary/aromatic N) is 3. The Labute approximate surface area is 266 Å². The maximum atomic E-state index is 15.7. The van der Waals surface area contributed by atoms with Crippen LogP contribution in [0.2, 0.25) is 0 Å². The molecule has 5 aromatic rings. The molecule has 0 bridgehead atoms. The Kier molecular flexibility index (Phi) is 8.77. The fourth-order valence-corrected chi connectivity index (χ4v) is 5.05. The fourth-order valence-electron chi connectivity index (χ4n) is 4.14. The zero-order valence-electron chi connectivity index (χ0n) is 21.2. The third-order valence-electron chi connectivity index (χ3n) is 6.13. The Hall–Kier alpha value is -3.93. The monoisotopic (exact) mass is 818 g/mol. The van der Waals surface area contributed by atoms with Crippen molar-refractivity contribution in [3.05, 3.63) is 133 Å². The second-order valence-electron chi connectivity index (χ2n) is 8.80. The van der Waals surface area contributed by atoms with Crippen molar-refractivity contribution >= 4 is 79.7 Å². The lowest BCUT2D eigenvalue weighted by Gasteiger charge is -2.27. The van der Waals surface area contributed by atoms with E-state index in [4.69, 9.17) is 0 Å². The summed E-state index contributed by atoms with van der Waals surface area (Å²) in [5.41, 5.74) is -4.20. The lowest BCUT2D eigenvalue weighted by atomic mass is 10.0. The molecule has 0 saturated heterocycles. The lowest BCUT2D eigenvalue weighted by Crippen LogP contribution is -2.31. The van der Waals surface area contributed by atoms with Crippen molar-refractivity contribution in [2.45, 2.75) is 0 Å². The van der Waals surface area contributed by atoms with Gasteiger partial charge in [-0.2, -0.15) is 0 Å². The van der Waals surface area contributed by atoms with E-state index in [0.29, 0.717) is 24.2 Å². The largest absolute Gasteiger partial charge is 0.350 e. The maximum Gasteiger partial charge on any atom is 0.265 e. The van der Waals surface area contributed by atoms with Gasteiger partial charge in [-0.25, -0.2) is 31.3 Å². The van der Waals surface area contributed by atoms with E-state index < -0.39 is 74.9 Å². The third kappa shape index (κ3) is 5.97. The molecular formula is C29H14F6I2N4O2. The number of hydrogen-bond acceptors (Lipinski definition) is 4. The van der Waals surface area contributed by atoms with Crippen LogP contribution in [0, 0.1) is 42.0 Å². The van der Waals surface area contributed by atoms with Crippen LogP contribution in [0.1, 0.15) is 20.7 Å². The highest BCUT2D eigenvalue weighted by Crippen LogP contribution is 2.39. The number of anilines is 4. The smallest absolute Gasteiger partial charge is 0.265 e. The van der Waals surface area contributed by atoms with Crippen molar-refractivity contribution in [3.63, 3.8) is 0 Å². The highest BCUT2D eigenvalue weighted by Gasteiger charge is 2.34. The van der Waals surface area contributed by atoms with Crippen LogP contribution in [0.25, 0.3) is 0 Å². The number of imidazole rings is 1. The van der Waals surface area contributed by atoms with Gasteiger partial charge in [-0.3, -0.25) is 19.1 Å². The Morgan fingerprint density at radius 3 is 2.00 bits per heavy atom. The molecule has 5 rings (SSSR count). The number of hydrogen-bond donors (Lipinski definition) is 1. The Morgan fingerprint density at radius 1 is 0.744 bits per heavy atom. The molecule has 1 aromatic heterocycles. The van der Waals surface area contributed by atoms with Crippen molar-refractivity contribution < 1.29 is 35.9 Å². The second-order valence-corrected chi connectivity index (χ2v) is 11.3. The molecule has 14 heteroatoms. The van der Waals surface area contributed by atoms with Crippen LogP contribution in [0.3, 0.4) is 0 Å². The van der Waals surface area contributed by atoms with E-state index in [9.17, 15) is 22.8 Å². The molecule has 0 unspecified atom stereocenters. The minimum absolute atomic E-state index is 0.343. The van der Waals surface area contributed by atoms with Crippen molar-refractivity contribution in [2.24, 2.45) is 0 Å². The average Bonchev–Trinajstić information content (AvgIpc) is 3.51. The van der Waals surface area contributed by atoms with Crippen LogP contribution < -0.4 is 10.2 Å². The van der Waals surface area contributed by atoms with E-state index in [-0.39, 0.29) is 5.69 Å². The first kappa shape index (κ1) is 30.5. The van der Waals surface area contributed by atoms with E-state index in [1.807, 2.05) is 22.6 Å². The van der Waals surface area contributed by atoms with Crippen molar-refractivity contribution in [2.75, 3.05) is 10.2 Å². The van der Waals surface area contributed by atoms with Crippen molar-refractivity contribution in [1.29, 1.82) is 0 Å². The molecule has 1 N–H and O–H groups in total. The van der Waals surface area contributed by atoms with E-state index in [2.05, 4.69) is 10.3 Å². The van der Waals surface area contributed by atoms with Gasteiger partial charge in [0.25, 0.3) is 11.8 Å². The number of rotatable bonds is 6. The molecule has 1 amide bonds. The first-order valence-electron chi connectivity index (χ1n) is 12.0. The normalized spacial score (nSPS) is 11.0. The summed E-state index contributed by atoms with van der Waals surface area (Å²) in [7, 11) is 0. The molecule has 0 aliphatic rings. The summed E-state index contributed by atoms with van der Waals surface area (Å²) in [6, 6.07) is 10.1. The number of carbonyl (C=O) groups excluding carboxylic acids is 2. The molecule has 43 heavy (non-hydrogen) atoms. The van der Waals surface area contributed by atoms with Gasteiger partial charge < -0.3 is 5.32 Å². The number of halogens is 8. The lowest BCUT2D eigenvalue weighted by molar-refractivity contribution is 0.0960. The minimum atomic E-state index is -1.71. The molecule has 0 aliphatic heterocycles. The summed E-state index contributed by atoms with van der Waals surface area (Å²) >= 11 is 3.61. The summed E-state index contributed by atoms with van der Waals surface area (Å²) in [5, 5.41) is 2.34. The van der Waals surface area contributed by atoms with E-state index in [1.165, 1.54) is 30.6 Å². The van der Waals surface area contributed by atoms with Gasteiger partial charge in [0.15, 0.2) is 23.3 Å². The van der Waals surface area contributed by atoms with Crippen LogP contribution >= 0.6 is 45.2 Å². The number of carbonyl (C=O) groups is 2. The Morgan fingerprint density at radius 2 is 1.37 bits per heavy atom. The fraction of sp³-hybridized carbons (Fsp3) is 0. The number of benzene rings is 4. The summed E-state index contributed by atoms with van der Waals surface area (Å²) in [4.78, 5) is 31.7. The van der Waals surface area contributed by atoms with Crippen LogP contribution in [-0.2, 0) is 0 Å². The summed E-state index contributed by atoms with van der Waals surface area (Å²) in [6.45, 7) is 0. The quantitative estimate of drug-likeness (QED) is 0.138. The van der Waals surface area contributed by atoms with E-state index >= 15 is 13.2 Å². The first-order chi connectivity index (χ1) is 20.5. The molecule has 0 atom stereocenters. The zero-order valence-corrected chi connectivity index (χ0v) is 25.5. The molecule has 218 valence electrons. The molecule has 0 aliphatic carbocycles. The van der Waals surface area contributed by atoms with Gasteiger partial charge in [-0.05, 0) is 106 Å². The predicted octanol–water partition coefficient (Wildman–Crippen LogP) is 8.34. The van der Waals surface area contributed by atoms with Gasteiger partial charge in [-0.1, -0.05) is 0 Å². The second kappa shape index (κ2) is 12.4. The first-order valence-corrected chi connectivity index (χ1v) is 14.1. The molecule has 0 fully saturated rings. The molecule has 4 aromatic carbocycles. The topological polar surface area (TPSA) is 67.2 Å². The van der Waals surface area contributed by atoms with Gasteiger partial charge >= 0.3 is 0 Å². The molecular weight excluding hydrogens is 804 g/mol. The average molecular weight is 818 g/mol. The summed E-state index contributed by atoms with van der Waals surface area (Å²) < 4.78 is 92.0. The van der Waals surface area contributed by atoms with Crippen LogP contribution in [0.15, 0.2) is 79.4 Å². The molecule has 0 radical (unpaired) electrons. The van der Waals surface area contributed by atoms with E-state index in [1.54, 1.807) is 22.6 Å². The van der Waals surface area contributed by atoms with Crippen molar-refractivity contribution in [3.8, 4) is 0 Å². The highest BCUT2D eigenvalue weighted by molar-refractivity contribution is 14.1. The van der Waals surface area contributed by atoms with E-state index in [0.717, 1.165) is 41.2 Å². The third-order valence-corrected chi connectivity index (χ3v) is 7.47. The zero-order chi connectivity index (χ0) is 31.0. The van der Waals surface area contributed by atoms with Crippen LogP contribution in [-0.4, -0.2) is 21.4 Å². The predicted molar refractivity (Wildman–Crippen MR) is 163 cm³/mol. The molecule has 0 saturated carbocycles. The molecule has 0 spiro atoms. The SMILES string of the molecule is O=C(c1ccc(F)c(F)c1Nc1ccc(I)cc1F)N(c1ccc(I)cc1F)c1c(C(=O)n2ccnc2)ccc(F)c1F. The maximum absolute atomic E-state index is 15.7. The van der Waals surface area contributed by atoms with Gasteiger partial charge in [-0.15, -0.1) is 0 Å². The molecule has 1 heterocycles. The highest BCUT2D eigenvalue weighted by atomic mass is 127. The summed E-state index contributed by atoms with van der Waals surface area (Å²) in [5.74, 6) is -10.6. The minimum Gasteiger partial charge on any atom is -0.350 e. The van der Waals surface area contributed by atoms with Gasteiger partial charge in [0.2, 0.25) is 0 Å². The van der Waals surface area contributed by atoms with Crippen LogP contribution in [0.5, 0.6) is 0 Å². The van der Waals surface area contributed by atoms with Gasteiger partial charge in [0, 0.05) is 19.5 Å². The number of amides is 1. The standard InChI is InChI=1S/C29H14F6I2N4O2/c30-18-5-3-16(26(24(18)34)39-22-7-1-14(36)11-20(22)32)29(43)41(23-8-2-15(37)12-21(23)33)27-17(4-6-19(31)25(27)35)28(42)40-10-9-38-13-40/h1-13,39H. The number of aromatic nitrogens is 2. The summed E-state index contributed by atoms with van der Waals surface area (Å²) in [6.07, 6.45) is 3.51. The Balaban J connectivity index is 1.77. The van der Waals surface area contributed by atoms with Gasteiger partial charge in [0.1, 0.15) is 23.6 Å². The van der Waals surface area contributed by atoms with Gasteiger partial charge in [0.05, 0.1) is 28.2 Å². The van der Waals surface area contributed by atoms with Crippen molar-refractivity contribution in [1.82, 2.24) is 9.55 Å². The Bertz CT molecular complexity index is 1900.